The molecule has 0 aromatic carbocycles. The van der Waals surface area contributed by atoms with Crippen LogP contribution in [-0.2, 0) is 16.1 Å². The van der Waals surface area contributed by atoms with Crippen molar-refractivity contribution in [2.24, 2.45) is 0 Å². The van der Waals surface area contributed by atoms with E-state index in [4.69, 9.17) is 14.0 Å². The molecule has 5 heteroatoms. The second kappa shape index (κ2) is 5.41. The van der Waals surface area contributed by atoms with Gasteiger partial charge in [0.25, 0.3) is 0 Å². The standard InChI is InChI=1S/C11H18N2O3/c1-8(2)11-12-9(13-16-11)7-15-10-5-3-4-6-14-10/h8,10H,3-7H2,1-2H3. The molecule has 1 unspecified atom stereocenters. The van der Waals surface area contributed by atoms with Gasteiger partial charge in [0.15, 0.2) is 12.1 Å². The van der Waals surface area contributed by atoms with Crippen LogP contribution in [0.2, 0.25) is 0 Å². The molecule has 90 valence electrons. The third-order valence-corrected chi connectivity index (χ3v) is 2.51. The Labute approximate surface area is 95.1 Å². The van der Waals surface area contributed by atoms with Crippen molar-refractivity contribution in [2.45, 2.75) is 51.9 Å². The van der Waals surface area contributed by atoms with Gasteiger partial charge >= 0.3 is 0 Å². The maximum atomic E-state index is 5.55. The summed E-state index contributed by atoms with van der Waals surface area (Å²) in [7, 11) is 0. The van der Waals surface area contributed by atoms with E-state index in [9.17, 15) is 0 Å². The molecule has 16 heavy (non-hydrogen) atoms. The summed E-state index contributed by atoms with van der Waals surface area (Å²) >= 11 is 0. The molecule has 0 amide bonds. The zero-order valence-corrected chi connectivity index (χ0v) is 9.81. The summed E-state index contributed by atoms with van der Waals surface area (Å²) in [5.41, 5.74) is 0. The number of nitrogens with zero attached hydrogens (tertiary/aromatic N) is 2. The van der Waals surface area contributed by atoms with Crippen LogP contribution in [0.1, 0.15) is 50.7 Å². The maximum absolute atomic E-state index is 5.55. The van der Waals surface area contributed by atoms with E-state index in [1.54, 1.807) is 0 Å². The summed E-state index contributed by atoms with van der Waals surface area (Å²) in [6.07, 6.45) is 3.14. The Hall–Kier alpha value is -0.940. The van der Waals surface area contributed by atoms with Crippen molar-refractivity contribution in [3.05, 3.63) is 11.7 Å². The number of aromatic nitrogens is 2. The fraction of sp³-hybridized carbons (Fsp3) is 0.818. The maximum Gasteiger partial charge on any atom is 0.229 e. The van der Waals surface area contributed by atoms with Gasteiger partial charge in [0.05, 0.1) is 0 Å². The fourth-order valence-corrected chi connectivity index (χ4v) is 1.57. The molecule has 1 atom stereocenters. The highest BCUT2D eigenvalue weighted by atomic mass is 16.7. The highest BCUT2D eigenvalue weighted by Crippen LogP contribution is 2.16. The summed E-state index contributed by atoms with van der Waals surface area (Å²) in [6.45, 7) is 5.18. The van der Waals surface area contributed by atoms with E-state index in [0.29, 0.717) is 18.3 Å². The Morgan fingerprint density at radius 3 is 2.94 bits per heavy atom. The Balaban J connectivity index is 1.79. The molecular weight excluding hydrogens is 208 g/mol. The lowest BCUT2D eigenvalue weighted by Gasteiger charge is -2.21. The van der Waals surface area contributed by atoms with E-state index in [1.807, 2.05) is 13.8 Å². The number of hydrogen-bond donors (Lipinski definition) is 0. The third-order valence-electron chi connectivity index (χ3n) is 2.51. The van der Waals surface area contributed by atoms with Gasteiger partial charge in [-0.25, -0.2) is 0 Å². The molecule has 5 nitrogen and oxygen atoms in total. The molecule has 0 radical (unpaired) electrons. The second-order valence-electron chi connectivity index (χ2n) is 4.31. The first-order chi connectivity index (χ1) is 7.75. The average Bonchev–Trinajstić information content (AvgIpc) is 2.76. The summed E-state index contributed by atoms with van der Waals surface area (Å²) in [5, 5.41) is 3.86. The van der Waals surface area contributed by atoms with Gasteiger partial charge in [-0.15, -0.1) is 0 Å². The normalized spacial score (nSPS) is 21.6. The molecule has 1 aliphatic rings. The van der Waals surface area contributed by atoms with Gasteiger partial charge in [0.2, 0.25) is 5.89 Å². The largest absolute Gasteiger partial charge is 0.353 e. The van der Waals surface area contributed by atoms with Gasteiger partial charge in [-0.2, -0.15) is 4.98 Å². The number of hydrogen-bond acceptors (Lipinski definition) is 5. The van der Waals surface area contributed by atoms with Crippen LogP contribution in [0.4, 0.5) is 0 Å². The predicted molar refractivity (Wildman–Crippen MR) is 56.8 cm³/mol. The first kappa shape index (κ1) is 11.5. The van der Waals surface area contributed by atoms with E-state index in [-0.39, 0.29) is 12.2 Å². The summed E-state index contributed by atoms with van der Waals surface area (Å²) < 4.78 is 16.1. The first-order valence-electron chi connectivity index (χ1n) is 5.81. The van der Waals surface area contributed by atoms with Crippen molar-refractivity contribution >= 4 is 0 Å². The van der Waals surface area contributed by atoms with Gasteiger partial charge in [-0.3, -0.25) is 0 Å². The number of ether oxygens (including phenoxy) is 2. The highest BCUT2D eigenvalue weighted by molar-refractivity contribution is 4.89. The minimum absolute atomic E-state index is 0.102. The lowest BCUT2D eigenvalue weighted by atomic mass is 10.2. The molecule has 2 heterocycles. The minimum Gasteiger partial charge on any atom is -0.353 e. The van der Waals surface area contributed by atoms with Crippen LogP contribution in [-0.4, -0.2) is 23.0 Å². The Morgan fingerprint density at radius 1 is 1.44 bits per heavy atom. The third kappa shape index (κ3) is 3.02. The molecule has 1 aliphatic heterocycles. The van der Waals surface area contributed by atoms with Crippen LogP contribution < -0.4 is 0 Å². The van der Waals surface area contributed by atoms with E-state index < -0.39 is 0 Å². The second-order valence-corrected chi connectivity index (χ2v) is 4.31. The van der Waals surface area contributed by atoms with Crippen LogP contribution in [0.15, 0.2) is 4.52 Å². The molecule has 0 aliphatic carbocycles. The summed E-state index contributed by atoms with van der Waals surface area (Å²) in [5.74, 6) is 1.51. The molecule has 0 saturated carbocycles. The van der Waals surface area contributed by atoms with Crippen molar-refractivity contribution in [1.29, 1.82) is 0 Å². The van der Waals surface area contributed by atoms with Gasteiger partial charge in [-0.05, 0) is 19.3 Å². The van der Waals surface area contributed by atoms with Crippen LogP contribution >= 0.6 is 0 Å². The predicted octanol–water partition coefficient (Wildman–Crippen LogP) is 2.24. The average molecular weight is 226 g/mol. The molecule has 1 aromatic heterocycles. The molecule has 1 aromatic rings. The van der Waals surface area contributed by atoms with Gasteiger partial charge in [0, 0.05) is 12.5 Å². The van der Waals surface area contributed by atoms with Crippen LogP contribution in [0, 0.1) is 0 Å². The van der Waals surface area contributed by atoms with Crippen molar-refractivity contribution < 1.29 is 14.0 Å². The van der Waals surface area contributed by atoms with Crippen molar-refractivity contribution in [1.82, 2.24) is 10.1 Å². The van der Waals surface area contributed by atoms with Crippen molar-refractivity contribution in [2.75, 3.05) is 6.61 Å². The van der Waals surface area contributed by atoms with Gasteiger partial charge in [0.1, 0.15) is 6.61 Å². The topological polar surface area (TPSA) is 57.4 Å². The molecule has 0 spiro atoms. The smallest absolute Gasteiger partial charge is 0.229 e. The lowest BCUT2D eigenvalue weighted by Crippen LogP contribution is -2.22. The van der Waals surface area contributed by atoms with Crippen LogP contribution in [0.5, 0.6) is 0 Å². The summed E-state index contributed by atoms with van der Waals surface area (Å²) in [6, 6.07) is 0. The molecule has 0 N–H and O–H groups in total. The summed E-state index contributed by atoms with van der Waals surface area (Å²) in [4.78, 5) is 4.24. The van der Waals surface area contributed by atoms with Crippen LogP contribution in [0.25, 0.3) is 0 Å². The van der Waals surface area contributed by atoms with Gasteiger partial charge in [-0.1, -0.05) is 19.0 Å². The Kier molecular flexibility index (Phi) is 3.90. The van der Waals surface area contributed by atoms with E-state index in [2.05, 4.69) is 10.1 Å². The fourth-order valence-electron chi connectivity index (χ4n) is 1.57. The minimum atomic E-state index is -0.102. The van der Waals surface area contributed by atoms with E-state index >= 15 is 0 Å². The monoisotopic (exact) mass is 226 g/mol. The molecule has 0 bridgehead atoms. The lowest BCUT2D eigenvalue weighted by molar-refractivity contribution is -0.170. The molecular formula is C11H18N2O3. The Morgan fingerprint density at radius 2 is 2.31 bits per heavy atom. The molecule has 1 saturated heterocycles. The van der Waals surface area contributed by atoms with Crippen molar-refractivity contribution in [3.63, 3.8) is 0 Å². The SMILES string of the molecule is CC(C)c1nc(COC2CCCCO2)no1. The van der Waals surface area contributed by atoms with E-state index in [1.165, 1.54) is 0 Å². The van der Waals surface area contributed by atoms with Crippen molar-refractivity contribution in [3.8, 4) is 0 Å². The van der Waals surface area contributed by atoms with E-state index in [0.717, 1.165) is 25.9 Å². The Bertz CT molecular complexity index is 319. The molecule has 1 fully saturated rings. The highest BCUT2D eigenvalue weighted by Gasteiger charge is 2.16. The quantitative estimate of drug-likeness (QED) is 0.788. The number of rotatable bonds is 4. The van der Waals surface area contributed by atoms with Gasteiger partial charge < -0.3 is 14.0 Å². The van der Waals surface area contributed by atoms with Crippen LogP contribution in [0.3, 0.4) is 0 Å². The molecule has 2 rings (SSSR count). The first-order valence-corrected chi connectivity index (χ1v) is 5.81. The zero-order valence-electron chi connectivity index (χ0n) is 9.81. The zero-order chi connectivity index (χ0) is 11.4.